The van der Waals surface area contributed by atoms with Crippen molar-refractivity contribution in [2.75, 3.05) is 12.1 Å². The number of nitrogens with one attached hydrogen (secondary N) is 2. The van der Waals surface area contributed by atoms with Gasteiger partial charge in [0, 0.05) is 6.42 Å². The average Bonchev–Trinajstić information content (AvgIpc) is 3.27. The first-order valence-corrected chi connectivity index (χ1v) is 9.06. The number of fused-ring (bicyclic) bond motifs is 1. The van der Waals surface area contributed by atoms with Gasteiger partial charge in [-0.15, -0.1) is 0 Å². The first-order valence-electron chi connectivity index (χ1n) is 9.06. The number of nitrogens with zero attached hydrogens (tertiary/aromatic N) is 1. The van der Waals surface area contributed by atoms with Crippen molar-refractivity contribution in [3.8, 4) is 11.5 Å². The number of para-hydroxylation sites is 1. The molecule has 2 aliphatic heterocycles. The Morgan fingerprint density at radius 3 is 2.79 bits per heavy atom. The Morgan fingerprint density at radius 2 is 1.97 bits per heavy atom. The van der Waals surface area contributed by atoms with Gasteiger partial charge in [0.05, 0.1) is 12.2 Å². The van der Waals surface area contributed by atoms with E-state index in [1.165, 1.54) is 18.2 Å². The van der Waals surface area contributed by atoms with Crippen LogP contribution in [0.5, 0.6) is 11.5 Å². The first kappa shape index (κ1) is 18.7. The van der Waals surface area contributed by atoms with E-state index >= 15 is 0 Å². The summed E-state index contributed by atoms with van der Waals surface area (Å²) in [6, 6.07) is 9.68. The van der Waals surface area contributed by atoms with Crippen LogP contribution in [0, 0.1) is 5.82 Å². The van der Waals surface area contributed by atoms with E-state index in [1.807, 2.05) is 0 Å². The number of rotatable bonds is 6. The van der Waals surface area contributed by atoms with Crippen LogP contribution >= 0.6 is 0 Å². The van der Waals surface area contributed by atoms with Crippen LogP contribution in [-0.4, -0.2) is 35.6 Å². The van der Waals surface area contributed by atoms with Gasteiger partial charge in [-0.25, -0.2) is 9.18 Å². The lowest BCUT2D eigenvalue weighted by Crippen LogP contribution is -2.31. The van der Waals surface area contributed by atoms with Gasteiger partial charge in [-0.05, 0) is 36.2 Å². The summed E-state index contributed by atoms with van der Waals surface area (Å²) in [5.41, 5.74) is 0.791. The monoisotopic (exact) mass is 399 g/mol. The van der Waals surface area contributed by atoms with Crippen molar-refractivity contribution in [3.05, 3.63) is 53.8 Å². The van der Waals surface area contributed by atoms with Crippen molar-refractivity contribution in [1.82, 2.24) is 10.2 Å². The highest BCUT2D eigenvalue weighted by atomic mass is 19.1. The maximum absolute atomic E-state index is 13.6. The minimum Gasteiger partial charge on any atom is -0.454 e. The van der Waals surface area contributed by atoms with E-state index in [2.05, 4.69) is 10.6 Å². The van der Waals surface area contributed by atoms with E-state index in [0.717, 1.165) is 10.5 Å². The number of halogens is 1. The number of benzene rings is 2. The Bertz CT molecular complexity index is 980. The predicted octanol–water partition coefficient (Wildman–Crippen LogP) is 2.39. The quantitative estimate of drug-likeness (QED) is 0.727. The second kappa shape index (κ2) is 7.78. The summed E-state index contributed by atoms with van der Waals surface area (Å²) in [5, 5.41) is 5.04. The number of urea groups is 1. The summed E-state index contributed by atoms with van der Waals surface area (Å²) >= 11 is 0. The van der Waals surface area contributed by atoms with E-state index in [-0.39, 0.29) is 31.9 Å². The van der Waals surface area contributed by atoms with Crippen LogP contribution in [-0.2, 0) is 16.1 Å². The molecule has 1 atom stereocenters. The van der Waals surface area contributed by atoms with Gasteiger partial charge in [-0.3, -0.25) is 14.5 Å². The third-order valence-electron chi connectivity index (χ3n) is 4.69. The molecular formula is C20H18FN3O5. The summed E-state index contributed by atoms with van der Waals surface area (Å²) in [6.45, 7) is 0.220. The molecule has 0 aliphatic carbocycles. The van der Waals surface area contributed by atoms with Crippen molar-refractivity contribution >= 4 is 23.5 Å². The fraction of sp³-hybridized carbons (Fsp3) is 0.250. The SMILES string of the molecule is O=C(CC[C@@H]1NC(=O)N(Cc2ccc3c(c2)OCO3)C1=O)Nc1ccccc1F. The Labute approximate surface area is 165 Å². The topological polar surface area (TPSA) is 97.0 Å². The van der Waals surface area contributed by atoms with Gasteiger partial charge in [-0.1, -0.05) is 18.2 Å². The van der Waals surface area contributed by atoms with Crippen LogP contribution in [0.4, 0.5) is 14.9 Å². The minimum absolute atomic E-state index is 0.0388. The lowest BCUT2D eigenvalue weighted by atomic mass is 10.1. The molecule has 0 spiro atoms. The third-order valence-corrected chi connectivity index (χ3v) is 4.69. The molecule has 0 aromatic heterocycles. The van der Waals surface area contributed by atoms with Crippen molar-refractivity contribution in [2.24, 2.45) is 0 Å². The highest BCUT2D eigenvalue weighted by molar-refractivity contribution is 6.04. The third kappa shape index (κ3) is 3.98. The normalized spacial score (nSPS) is 17.4. The Kier molecular flexibility index (Phi) is 5.03. The Balaban J connectivity index is 1.33. The molecule has 2 aliphatic rings. The molecule has 9 heteroatoms. The summed E-state index contributed by atoms with van der Waals surface area (Å²) in [5.74, 6) is -0.209. The van der Waals surface area contributed by atoms with Crippen LogP contribution in [0.25, 0.3) is 0 Å². The molecule has 0 bridgehead atoms. The second-order valence-corrected chi connectivity index (χ2v) is 6.68. The van der Waals surface area contributed by atoms with Gasteiger partial charge in [0.25, 0.3) is 5.91 Å². The van der Waals surface area contributed by atoms with Crippen molar-refractivity contribution in [2.45, 2.75) is 25.4 Å². The molecule has 2 aromatic carbocycles. The molecule has 1 fully saturated rings. The second-order valence-electron chi connectivity index (χ2n) is 6.68. The van der Waals surface area contributed by atoms with E-state index in [1.54, 1.807) is 24.3 Å². The zero-order valence-electron chi connectivity index (χ0n) is 15.3. The van der Waals surface area contributed by atoms with E-state index < -0.39 is 29.7 Å². The molecule has 8 nitrogen and oxygen atoms in total. The van der Waals surface area contributed by atoms with E-state index in [4.69, 9.17) is 9.47 Å². The molecule has 2 aromatic rings. The van der Waals surface area contributed by atoms with Crippen LogP contribution in [0.2, 0.25) is 0 Å². The lowest BCUT2D eigenvalue weighted by molar-refractivity contribution is -0.128. The number of carbonyl (C=O) groups is 3. The summed E-state index contributed by atoms with van der Waals surface area (Å²) in [6.07, 6.45) is 0.0748. The summed E-state index contributed by atoms with van der Waals surface area (Å²) in [4.78, 5) is 37.9. The highest BCUT2D eigenvalue weighted by Crippen LogP contribution is 2.33. The lowest BCUT2D eigenvalue weighted by Gasteiger charge is -2.13. The van der Waals surface area contributed by atoms with Crippen molar-refractivity contribution in [1.29, 1.82) is 0 Å². The molecule has 2 heterocycles. The van der Waals surface area contributed by atoms with Crippen LogP contribution < -0.4 is 20.1 Å². The number of ether oxygens (including phenoxy) is 2. The van der Waals surface area contributed by atoms with Gasteiger partial charge < -0.3 is 20.1 Å². The van der Waals surface area contributed by atoms with E-state index in [0.29, 0.717) is 11.5 Å². The average molecular weight is 399 g/mol. The largest absolute Gasteiger partial charge is 0.454 e. The number of amides is 4. The number of imide groups is 1. The van der Waals surface area contributed by atoms with E-state index in [9.17, 15) is 18.8 Å². The zero-order valence-corrected chi connectivity index (χ0v) is 15.3. The summed E-state index contributed by atoms with van der Waals surface area (Å²) < 4.78 is 24.1. The smallest absolute Gasteiger partial charge is 0.325 e. The van der Waals surface area contributed by atoms with Crippen LogP contribution in [0.15, 0.2) is 42.5 Å². The maximum atomic E-state index is 13.6. The fourth-order valence-corrected chi connectivity index (χ4v) is 3.19. The summed E-state index contributed by atoms with van der Waals surface area (Å²) in [7, 11) is 0. The number of anilines is 1. The number of hydrogen-bond donors (Lipinski definition) is 2. The van der Waals surface area contributed by atoms with Gasteiger partial charge in [0.1, 0.15) is 11.9 Å². The van der Waals surface area contributed by atoms with Gasteiger partial charge in [0.15, 0.2) is 11.5 Å². The van der Waals surface area contributed by atoms with Crippen molar-refractivity contribution < 1.29 is 28.2 Å². The Hall–Kier alpha value is -3.62. The molecule has 4 amide bonds. The zero-order chi connectivity index (χ0) is 20.4. The standard InChI is InChI=1S/C20H18FN3O5/c21-13-3-1-2-4-14(13)22-18(25)8-6-15-19(26)24(20(27)23-15)10-12-5-7-16-17(9-12)29-11-28-16/h1-5,7,9,15H,6,8,10-11H2,(H,22,25)(H,23,27)/t15-/m0/s1. The Morgan fingerprint density at radius 1 is 1.17 bits per heavy atom. The molecule has 1 saturated heterocycles. The van der Waals surface area contributed by atoms with Gasteiger partial charge in [-0.2, -0.15) is 0 Å². The molecule has 4 rings (SSSR count). The van der Waals surface area contributed by atoms with Crippen molar-refractivity contribution in [3.63, 3.8) is 0 Å². The molecule has 2 N–H and O–H groups in total. The van der Waals surface area contributed by atoms with Crippen LogP contribution in [0.3, 0.4) is 0 Å². The van der Waals surface area contributed by atoms with Gasteiger partial charge in [0.2, 0.25) is 12.7 Å². The molecule has 29 heavy (non-hydrogen) atoms. The molecule has 0 unspecified atom stereocenters. The molecule has 150 valence electrons. The molecule has 0 saturated carbocycles. The number of hydrogen-bond acceptors (Lipinski definition) is 5. The minimum atomic E-state index is -0.803. The van der Waals surface area contributed by atoms with Crippen LogP contribution in [0.1, 0.15) is 18.4 Å². The predicted molar refractivity (Wildman–Crippen MR) is 99.7 cm³/mol. The fourth-order valence-electron chi connectivity index (χ4n) is 3.19. The maximum Gasteiger partial charge on any atom is 0.325 e. The highest BCUT2D eigenvalue weighted by Gasteiger charge is 2.38. The molecule has 0 radical (unpaired) electrons. The first-order chi connectivity index (χ1) is 14.0. The van der Waals surface area contributed by atoms with Gasteiger partial charge >= 0.3 is 6.03 Å². The number of carbonyl (C=O) groups excluding carboxylic acids is 3. The molecular weight excluding hydrogens is 381 g/mol.